The van der Waals surface area contributed by atoms with Gasteiger partial charge in [0.25, 0.3) is 0 Å². The van der Waals surface area contributed by atoms with Gasteiger partial charge in [0.05, 0.1) is 49.8 Å². The Labute approximate surface area is 141 Å². The monoisotopic (exact) mass is 334 g/mol. The van der Waals surface area contributed by atoms with Crippen LogP contribution in [0, 0.1) is 0 Å². The van der Waals surface area contributed by atoms with Gasteiger partial charge in [0.15, 0.2) is 0 Å². The molecule has 24 heavy (non-hydrogen) atoms. The van der Waals surface area contributed by atoms with Gasteiger partial charge in [-0.15, -0.1) is 0 Å². The van der Waals surface area contributed by atoms with Crippen LogP contribution >= 0.6 is 0 Å². The number of esters is 2. The predicted molar refractivity (Wildman–Crippen MR) is 85.2 cm³/mol. The third-order valence-corrected chi connectivity index (χ3v) is 4.09. The number of ether oxygens (including phenoxy) is 4. The first kappa shape index (κ1) is 16.9. The molecule has 0 radical (unpaired) electrons. The van der Waals surface area contributed by atoms with Crippen LogP contribution in [0.1, 0.15) is 45.7 Å². The first-order valence-corrected chi connectivity index (χ1v) is 8.36. The smallest absolute Gasteiger partial charge is 0.338 e. The first-order chi connectivity index (χ1) is 11.6. The lowest BCUT2D eigenvalue weighted by molar-refractivity contribution is 0.0509. The van der Waals surface area contributed by atoms with E-state index in [0.717, 1.165) is 11.1 Å². The molecule has 2 aliphatic rings. The van der Waals surface area contributed by atoms with Crippen LogP contribution in [0.4, 0.5) is 0 Å². The van der Waals surface area contributed by atoms with Crippen LogP contribution in [-0.4, -0.2) is 50.6 Å². The summed E-state index contributed by atoms with van der Waals surface area (Å²) in [5.74, 6) is -0.747. The molecule has 6 heteroatoms. The number of carbonyl (C=O) groups excluding carboxylic acids is 2. The summed E-state index contributed by atoms with van der Waals surface area (Å²) in [6, 6.07) is 3.30. The van der Waals surface area contributed by atoms with Crippen molar-refractivity contribution in [1.82, 2.24) is 0 Å². The average molecular weight is 334 g/mol. The molecule has 0 spiro atoms. The summed E-state index contributed by atoms with van der Waals surface area (Å²) in [6.07, 6.45) is 1.36. The lowest BCUT2D eigenvalue weighted by Crippen LogP contribution is -2.18. The second kappa shape index (κ2) is 7.32. The van der Waals surface area contributed by atoms with Crippen LogP contribution in [0.15, 0.2) is 12.1 Å². The Morgan fingerprint density at radius 1 is 0.917 bits per heavy atom. The van der Waals surface area contributed by atoms with Crippen molar-refractivity contribution >= 4 is 11.9 Å². The van der Waals surface area contributed by atoms with E-state index in [1.54, 1.807) is 26.0 Å². The van der Waals surface area contributed by atoms with Crippen molar-refractivity contribution < 1.29 is 28.5 Å². The normalized spacial score (nSPS) is 21.2. The summed E-state index contributed by atoms with van der Waals surface area (Å²) in [5.41, 5.74) is 2.63. The fourth-order valence-corrected chi connectivity index (χ4v) is 2.79. The minimum absolute atomic E-state index is 0.0921. The highest BCUT2D eigenvalue weighted by Gasteiger charge is 2.33. The molecule has 3 rings (SSSR count). The SMILES string of the molecule is CCOC(=O)c1ccc(C(=O)OCC)c(CC2CO2)c1CC1CO1. The van der Waals surface area contributed by atoms with E-state index in [0.29, 0.717) is 50.4 Å². The summed E-state index contributed by atoms with van der Waals surface area (Å²) >= 11 is 0. The van der Waals surface area contributed by atoms with Gasteiger partial charge in [-0.1, -0.05) is 0 Å². The summed E-state index contributed by atoms with van der Waals surface area (Å²) in [6.45, 7) is 5.50. The molecule has 2 aliphatic heterocycles. The lowest BCUT2D eigenvalue weighted by Gasteiger charge is -2.17. The van der Waals surface area contributed by atoms with Gasteiger partial charge in [0, 0.05) is 12.8 Å². The zero-order valence-electron chi connectivity index (χ0n) is 14.0. The van der Waals surface area contributed by atoms with Gasteiger partial charge < -0.3 is 18.9 Å². The van der Waals surface area contributed by atoms with E-state index in [2.05, 4.69) is 0 Å². The van der Waals surface area contributed by atoms with Gasteiger partial charge in [0.2, 0.25) is 0 Å². The van der Waals surface area contributed by atoms with Crippen molar-refractivity contribution in [3.8, 4) is 0 Å². The maximum atomic E-state index is 12.3. The number of carbonyl (C=O) groups is 2. The van der Waals surface area contributed by atoms with Gasteiger partial charge in [-0.3, -0.25) is 0 Å². The Morgan fingerprint density at radius 2 is 1.29 bits per heavy atom. The second-order valence-corrected chi connectivity index (χ2v) is 5.88. The third-order valence-electron chi connectivity index (χ3n) is 4.09. The summed E-state index contributed by atoms with van der Waals surface area (Å²) in [4.78, 5) is 24.6. The molecular weight excluding hydrogens is 312 g/mol. The van der Waals surface area contributed by atoms with E-state index in [9.17, 15) is 9.59 Å². The van der Waals surface area contributed by atoms with E-state index < -0.39 is 0 Å². The van der Waals surface area contributed by atoms with Crippen LogP contribution in [0.2, 0.25) is 0 Å². The molecule has 1 aromatic carbocycles. The minimum Gasteiger partial charge on any atom is -0.462 e. The molecule has 0 amide bonds. The summed E-state index contributed by atoms with van der Waals surface area (Å²) in [7, 11) is 0. The minimum atomic E-state index is -0.374. The van der Waals surface area contributed by atoms with Crippen molar-refractivity contribution in [3.63, 3.8) is 0 Å². The molecule has 0 N–H and O–H groups in total. The quantitative estimate of drug-likeness (QED) is 0.534. The summed E-state index contributed by atoms with van der Waals surface area (Å²) < 4.78 is 21.0. The summed E-state index contributed by atoms with van der Waals surface area (Å²) in [5, 5.41) is 0. The third kappa shape index (κ3) is 3.94. The molecule has 0 bridgehead atoms. The maximum Gasteiger partial charge on any atom is 0.338 e. The van der Waals surface area contributed by atoms with Gasteiger partial charge >= 0.3 is 11.9 Å². The molecule has 2 atom stereocenters. The van der Waals surface area contributed by atoms with Gasteiger partial charge in [-0.05, 0) is 37.1 Å². The Morgan fingerprint density at radius 3 is 1.58 bits per heavy atom. The average Bonchev–Trinajstić information content (AvgIpc) is 3.44. The Bertz CT molecular complexity index is 576. The van der Waals surface area contributed by atoms with E-state index in [1.807, 2.05) is 0 Å². The standard InChI is InChI=1S/C18H22O6/c1-3-21-17(19)13-5-6-14(18(20)22-4-2)16(8-12-10-24-12)15(13)7-11-9-23-11/h5-6,11-12H,3-4,7-10H2,1-2H3. The zero-order valence-corrected chi connectivity index (χ0v) is 14.0. The molecule has 2 heterocycles. The number of hydrogen-bond acceptors (Lipinski definition) is 6. The molecular formula is C18H22O6. The van der Waals surface area contributed by atoms with Gasteiger partial charge in [0.1, 0.15) is 0 Å². The fourth-order valence-electron chi connectivity index (χ4n) is 2.79. The number of rotatable bonds is 8. The highest BCUT2D eigenvalue weighted by atomic mass is 16.6. The van der Waals surface area contributed by atoms with Crippen LogP contribution in [-0.2, 0) is 31.8 Å². The molecule has 6 nitrogen and oxygen atoms in total. The lowest BCUT2D eigenvalue weighted by atomic mass is 9.90. The van der Waals surface area contributed by atoms with E-state index in [-0.39, 0.29) is 24.1 Å². The Hall–Kier alpha value is -1.92. The van der Waals surface area contributed by atoms with Crippen molar-refractivity contribution in [1.29, 1.82) is 0 Å². The molecule has 2 fully saturated rings. The van der Waals surface area contributed by atoms with Crippen LogP contribution in [0.25, 0.3) is 0 Å². The first-order valence-electron chi connectivity index (χ1n) is 8.36. The molecule has 2 saturated heterocycles. The second-order valence-electron chi connectivity index (χ2n) is 5.88. The molecule has 0 aliphatic carbocycles. The predicted octanol–water partition coefficient (Wildman–Crippen LogP) is 1.92. The Balaban J connectivity index is 2.02. The molecule has 2 unspecified atom stereocenters. The van der Waals surface area contributed by atoms with Crippen molar-refractivity contribution in [2.24, 2.45) is 0 Å². The topological polar surface area (TPSA) is 77.7 Å². The van der Waals surface area contributed by atoms with E-state index >= 15 is 0 Å². The van der Waals surface area contributed by atoms with Gasteiger partial charge in [-0.2, -0.15) is 0 Å². The highest BCUT2D eigenvalue weighted by molar-refractivity contribution is 5.96. The van der Waals surface area contributed by atoms with Gasteiger partial charge in [-0.25, -0.2) is 9.59 Å². The van der Waals surface area contributed by atoms with E-state index in [1.165, 1.54) is 0 Å². The van der Waals surface area contributed by atoms with Crippen LogP contribution in [0.3, 0.4) is 0 Å². The zero-order chi connectivity index (χ0) is 17.1. The highest BCUT2D eigenvalue weighted by Crippen LogP contribution is 2.30. The van der Waals surface area contributed by atoms with E-state index in [4.69, 9.17) is 18.9 Å². The van der Waals surface area contributed by atoms with Crippen LogP contribution < -0.4 is 0 Å². The Kier molecular flexibility index (Phi) is 5.16. The molecule has 1 aromatic rings. The fraction of sp³-hybridized carbons (Fsp3) is 0.556. The molecule has 0 aromatic heterocycles. The van der Waals surface area contributed by atoms with Crippen molar-refractivity contribution in [2.75, 3.05) is 26.4 Å². The van der Waals surface area contributed by atoms with Crippen molar-refractivity contribution in [3.05, 3.63) is 34.4 Å². The number of hydrogen-bond donors (Lipinski definition) is 0. The maximum absolute atomic E-state index is 12.3. The largest absolute Gasteiger partial charge is 0.462 e. The number of epoxide rings is 2. The van der Waals surface area contributed by atoms with Crippen LogP contribution in [0.5, 0.6) is 0 Å². The number of benzene rings is 1. The van der Waals surface area contributed by atoms with Crippen molar-refractivity contribution in [2.45, 2.75) is 38.9 Å². The molecule has 0 saturated carbocycles. The molecule has 130 valence electrons.